The van der Waals surface area contributed by atoms with Crippen molar-refractivity contribution in [2.75, 3.05) is 7.11 Å². The number of aromatic nitrogens is 2. The molecule has 3 nitrogen and oxygen atoms in total. The van der Waals surface area contributed by atoms with Gasteiger partial charge in [0.05, 0.1) is 5.69 Å². The van der Waals surface area contributed by atoms with Gasteiger partial charge in [0, 0.05) is 23.8 Å². The molecule has 2 rings (SSSR count). The highest BCUT2D eigenvalue weighted by atomic mass is 35.5. The Balaban J connectivity index is 2.52. The van der Waals surface area contributed by atoms with Gasteiger partial charge in [-0.2, -0.15) is 0 Å². The van der Waals surface area contributed by atoms with E-state index in [0.29, 0.717) is 21.7 Å². The summed E-state index contributed by atoms with van der Waals surface area (Å²) in [5.74, 6) is 0.542. The lowest BCUT2D eigenvalue weighted by atomic mass is 10.1. The highest BCUT2D eigenvalue weighted by molar-refractivity contribution is 6.33. The van der Waals surface area contributed by atoms with Gasteiger partial charge in [-0.05, 0) is 13.0 Å². The molecule has 1 aromatic heterocycles. The van der Waals surface area contributed by atoms with Gasteiger partial charge in [-0.1, -0.05) is 41.4 Å². The molecule has 0 aliphatic rings. The van der Waals surface area contributed by atoms with Crippen LogP contribution in [0.1, 0.15) is 18.9 Å². The Bertz CT molecular complexity index is 560. The molecule has 0 aliphatic carbocycles. The van der Waals surface area contributed by atoms with E-state index in [1.54, 1.807) is 13.2 Å². The molecular weight excluding hydrogens is 271 g/mol. The first kappa shape index (κ1) is 13.3. The minimum Gasteiger partial charge on any atom is -0.374 e. The molecule has 94 valence electrons. The zero-order valence-corrected chi connectivity index (χ0v) is 11.5. The van der Waals surface area contributed by atoms with Crippen molar-refractivity contribution in [1.82, 2.24) is 9.97 Å². The van der Waals surface area contributed by atoms with Crippen molar-refractivity contribution in [3.05, 3.63) is 46.3 Å². The van der Waals surface area contributed by atoms with Crippen molar-refractivity contribution in [3.63, 3.8) is 0 Å². The summed E-state index contributed by atoms with van der Waals surface area (Å²) in [5, 5.41) is 1.00. The van der Waals surface area contributed by atoms with E-state index >= 15 is 0 Å². The van der Waals surface area contributed by atoms with Gasteiger partial charge < -0.3 is 4.74 Å². The zero-order valence-electron chi connectivity index (χ0n) is 10.0. The van der Waals surface area contributed by atoms with Gasteiger partial charge in [0.1, 0.15) is 11.3 Å². The van der Waals surface area contributed by atoms with E-state index < -0.39 is 0 Å². The Labute approximate surface area is 116 Å². The summed E-state index contributed by atoms with van der Waals surface area (Å²) in [7, 11) is 1.60. The first-order valence-electron chi connectivity index (χ1n) is 5.44. The number of ether oxygens (including phenoxy) is 1. The third kappa shape index (κ3) is 2.80. The van der Waals surface area contributed by atoms with E-state index in [-0.39, 0.29) is 6.10 Å². The Kier molecular flexibility index (Phi) is 4.17. The second kappa shape index (κ2) is 5.65. The van der Waals surface area contributed by atoms with Crippen LogP contribution in [0.3, 0.4) is 0 Å². The van der Waals surface area contributed by atoms with Crippen molar-refractivity contribution in [1.29, 1.82) is 0 Å². The van der Waals surface area contributed by atoms with Crippen molar-refractivity contribution < 1.29 is 4.74 Å². The smallest absolute Gasteiger partial charge is 0.159 e. The molecule has 2 aromatic rings. The normalized spacial score (nSPS) is 12.4. The maximum atomic E-state index is 6.14. The van der Waals surface area contributed by atoms with Crippen LogP contribution in [0.4, 0.5) is 0 Å². The minimum atomic E-state index is -0.218. The molecule has 0 bridgehead atoms. The second-order valence-corrected chi connectivity index (χ2v) is 4.59. The molecule has 1 aromatic carbocycles. The van der Waals surface area contributed by atoms with Crippen LogP contribution in [0.2, 0.25) is 10.2 Å². The number of methoxy groups -OCH3 is 1. The summed E-state index contributed by atoms with van der Waals surface area (Å²) in [6.07, 6.45) is -0.218. The molecule has 0 N–H and O–H groups in total. The standard InChI is InChI=1S/C13H12Cl2N2O/c1-8(18-2)13-16-11(7-12(15)17-13)9-5-3-4-6-10(9)14/h3-8H,1-2H3/t8-/m1/s1. The molecule has 0 saturated heterocycles. The molecule has 0 unspecified atom stereocenters. The number of rotatable bonds is 3. The van der Waals surface area contributed by atoms with Gasteiger partial charge in [-0.3, -0.25) is 0 Å². The summed E-state index contributed by atoms with van der Waals surface area (Å²) >= 11 is 12.1. The van der Waals surface area contributed by atoms with E-state index in [1.807, 2.05) is 31.2 Å². The van der Waals surface area contributed by atoms with Crippen molar-refractivity contribution in [2.45, 2.75) is 13.0 Å². The van der Waals surface area contributed by atoms with Crippen molar-refractivity contribution in [3.8, 4) is 11.3 Å². The molecule has 5 heteroatoms. The fourth-order valence-corrected chi connectivity index (χ4v) is 1.95. The van der Waals surface area contributed by atoms with E-state index in [9.17, 15) is 0 Å². The first-order valence-corrected chi connectivity index (χ1v) is 6.19. The van der Waals surface area contributed by atoms with Crippen LogP contribution in [-0.4, -0.2) is 17.1 Å². The largest absolute Gasteiger partial charge is 0.374 e. The van der Waals surface area contributed by atoms with Gasteiger partial charge in [-0.25, -0.2) is 9.97 Å². The molecule has 0 spiro atoms. The van der Waals surface area contributed by atoms with Crippen LogP contribution in [0, 0.1) is 0 Å². The summed E-state index contributed by atoms with van der Waals surface area (Å²) in [4.78, 5) is 8.58. The van der Waals surface area contributed by atoms with Crippen molar-refractivity contribution in [2.24, 2.45) is 0 Å². The lowest BCUT2D eigenvalue weighted by Gasteiger charge is -2.10. The molecule has 0 radical (unpaired) electrons. The second-order valence-electron chi connectivity index (χ2n) is 3.79. The molecule has 18 heavy (non-hydrogen) atoms. The van der Waals surface area contributed by atoms with E-state index in [1.165, 1.54) is 0 Å². The Morgan fingerprint density at radius 1 is 1.17 bits per heavy atom. The summed E-state index contributed by atoms with van der Waals surface area (Å²) in [6.45, 7) is 1.86. The Hall–Kier alpha value is -1.16. The Morgan fingerprint density at radius 3 is 2.56 bits per heavy atom. The molecule has 1 heterocycles. The molecule has 1 atom stereocenters. The molecule has 0 fully saturated rings. The Morgan fingerprint density at radius 2 is 1.89 bits per heavy atom. The van der Waals surface area contributed by atoms with Gasteiger partial charge in [0.2, 0.25) is 0 Å². The monoisotopic (exact) mass is 282 g/mol. The van der Waals surface area contributed by atoms with Gasteiger partial charge >= 0.3 is 0 Å². The van der Waals surface area contributed by atoms with Crippen LogP contribution in [0.5, 0.6) is 0 Å². The lowest BCUT2D eigenvalue weighted by Crippen LogP contribution is -2.04. The fourth-order valence-electron chi connectivity index (χ4n) is 1.53. The SMILES string of the molecule is CO[C@H](C)c1nc(Cl)cc(-c2ccccc2Cl)n1. The van der Waals surface area contributed by atoms with Crippen LogP contribution in [-0.2, 0) is 4.74 Å². The number of hydrogen-bond acceptors (Lipinski definition) is 3. The van der Waals surface area contributed by atoms with Crippen LogP contribution in [0.25, 0.3) is 11.3 Å². The average molecular weight is 283 g/mol. The molecular formula is C13H12Cl2N2O. The fraction of sp³-hybridized carbons (Fsp3) is 0.231. The highest BCUT2D eigenvalue weighted by Gasteiger charge is 2.12. The van der Waals surface area contributed by atoms with Crippen LogP contribution < -0.4 is 0 Å². The minimum absolute atomic E-state index is 0.218. The highest BCUT2D eigenvalue weighted by Crippen LogP contribution is 2.28. The van der Waals surface area contributed by atoms with Gasteiger partial charge in [-0.15, -0.1) is 0 Å². The average Bonchev–Trinajstić information content (AvgIpc) is 2.37. The quantitative estimate of drug-likeness (QED) is 0.793. The lowest BCUT2D eigenvalue weighted by molar-refractivity contribution is 0.112. The maximum absolute atomic E-state index is 6.14. The van der Waals surface area contributed by atoms with E-state index in [2.05, 4.69) is 9.97 Å². The molecule has 0 aliphatic heterocycles. The molecule has 0 saturated carbocycles. The first-order chi connectivity index (χ1) is 8.61. The number of nitrogens with zero attached hydrogens (tertiary/aromatic N) is 2. The number of hydrogen-bond donors (Lipinski definition) is 0. The molecule has 0 amide bonds. The summed E-state index contributed by atoms with van der Waals surface area (Å²) in [6, 6.07) is 9.16. The maximum Gasteiger partial charge on any atom is 0.159 e. The van der Waals surface area contributed by atoms with Crippen molar-refractivity contribution >= 4 is 23.2 Å². The third-order valence-corrected chi connectivity index (χ3v) is 3.10. The van der Waals surface area contributed by atoms with E-state index in [0.717, 1.165) is 5.56 Å². The van der Waals surface area contributed by atoms with Crippen LogP contribution >= 0.6 is 23.2 Å². The number of halogens is 2. The van der Waals surface area contributed by atoms with Gasteiger partial charge in [0.15, 0.2) is 5.82 Å². The topological polar surface area (TPSA) is 35.0 Å². The number of benzene rings is 1. The summed E-state index contributed by atoms with van der Waals surface area (Å²) < 4.78 is 5.20. The predicted molar refractivity (Wildman–Crippen MR) is 72.9 cm³/mol. The van der Waals surface area contributed by atoms with Gasteiger partial charge in [0.25, 0.3) is 0 Å². The zero-order chi connectivity index (χ0) is 13.1. The van der Waals surface area contributed by atoms with E-state index in [4.69, 9.17) is 27.9 Å². The van der Waals surface area contributed by atoms with Crippen LogP contribution in [0.15, 0.2) is 30.3 Å². The third-order valence-electron chi connectivity index (χ3n) is 2.58. The summed E-state index contributed by atoms with van der Waals surface area (Å²) in [5.41, 5.74) is 1.52. The predicted octanol–water partition coefficient (Wildman–Crippen LogP) is 4.16.